The standard InChI is InChI=1S/C14H16ClN3O2S/c15-10-1-2-16-11-9-12(21-13(10)11)14(19)17-3-4-18-5-7-20-8-6-18/h1-2,9H,3-8H2,(H,17,19). The third-order valence-electron chi connectivity index (χ3n) is 3.40. The lowest BCUT2D eigenvalue weighted by Gasteiger charge is -2.26. The van der Waals surface area contributed by atoms with Gasteiger partial charge < -0.3 is 10.1 Å². The van der Waals surface area contributed by atoms with Crippen molar-refractivity contribution < 1.29 is 9.53 Å². The highest BCUT2D eigenvalue weighted by molar-refractivity contribution is 7.21. The molecule has 0 saturated carbocycles. The minimum Gasteiger partial charge on any atom is -0.379 e. The Morgan fingerprint density at radius 3 is 3.05 bits per heavy atom. The Morgan fingerprint density at radius 2 is 2.29 bits per heavy atom. The fourth-order valence-corrected chi connectivity index (χ4v) is 3.46. The molecule has 5 nitrogen and oxygen atoms in total. The molecular weight excluding hydrogens is 310 g/mol. The van der Waals surface area contributed by atoms with E-state index in [2.05, 4.69) is 15.2 Å². The van der Waals surface area contributed by atoms with E-state index in [0.717, 1.165) is 43.1 Å². The number of amides is 1. The van der Waals surface area contributed by atoms with Gasteiger partial charge in [0.05, 0.1) is 33.3 Å². The number of nitrogens with zero attached hydrogens (tertiary/aromatic N) is 2. The Hall–Kier alpha value is -1.21. The van der Waals surface area contributed by atoms with Crippen LogP contribution in [-0.4, -0.2) is 55.2 Å². The molecule has 3 rings (SSSR count). The number of aromatic nitrogens is 1. The summed E-state index contributed by atoms with van der Waals surface area (Å²) in [7, 11) is 0. The maximum Gasteiger partial charge on any atom is 0.261 e. The summed E-state index contributed by atoms with van der Waals surface area (Å²) in [4.78, 5) is 19.3. The second-order valence-corrected chi connectivity index (χ2v) is 6.29. The Kier molecular flexibility index (Phi) is 4.70. The molecule has 1 aliphatic heterocycles. The van der Waals surface area contributed by atoms with Crippen LogP contribution in [0.4, 0.5) is 0 Å². The predicted molar refractivity (Wildman–Crippen MR) is 84.2 cm³/mol. The second-order valence-electron chi connectivity index (χ2n) is 4.83. The summed E-state index contributed by atoms with van der Waals surface area (Å²) >= 11 is 7.48. The smallest absolute Gasteiger partial charge is 0.261 e. The van der Waals surface area contributed by atoms with Crippen LogP contribution >= 0.6 is 22.9 Å². The van der Waals surface area contributed by atoms with Crippen molar-refractivity contribution in [3.05, 3.63) is 28.2 Å². The number of rotatable bonds is 4. The Labute approximate surface area is 131 Å². The van der Waals surface area contributed by atoms with Crippen LogP contribution in [0.2, 0.25) is 5.02 Å². The summed E-state index contributed by atoms with van der Waals surface area (Å²) in [5.74, 6) is -0.0673. The van der Waals surface area contributed by atoms with Crippen LogP contribution in [0.25, 0.3) is 10.2 Å². The van der Waals surface area contributed by atoms with Crippen molar-refractivity contribution in [1.29, 1.82) is 0 Å². The van der Waals surface area contributed by atoms with Crippen molar-refractivity contribution in [2.24, 2.45) is 0 Å². The molecule has 3 heterocycles. The topological polar surface area (TPSA) is 54.5 Å². The highest BCUT2D eigenvalue weighted by Crippen LogP contribution is 2.29. The normalized spacial score (nSPS) is 16.2. The molecule has 1 aliphatic rings. The van der Waals surface area contributed by atoms with Gasteiger partial charge in [0.15, 0.2) is 0 Å². The van der Waals surface area contributed by atoms with E-state index in [1.165, 1.54) is 11.3 Å². The number of carbonyl (C=O) groups is 1. The summed E-state index contributed by atoms with van der Waals surface area (Å²) in [6, 6.07) is 3.52. The zero-order valence-corrected chi connectivity index (χ0v) is 13.0. The molecule has 7 heteroatoms. The first-order valence-electron chi connectivity index (χ1n) is 6.86. The first-order chi connectivity index (χ1) is 10.2. The fourth-order valence-electron chi connectivity index (χ4n) is 2.26. The molecule has 112 valence electrons. The Morgan fingerprint density at radius 1 is 1.48 bits per heavy atom. The van der Waals surface area contributed by atoms with Crippen molar-refractivity contribution >= 4 is 39.1 Å². The van der Waals surface area contributed by atoms with Gasteiger partial charge in [-0.05, 0) is 12.1 Å². The Balaban J connectivity index is 1.57. The molecule has 1 saturated heterocycles. The zero-order chi connectivity index (χ0) is 14.7. The van der Waals surface area contributed by atoms with Gasteiger partial charge in [-0.3, -0.25) is 14.7 Å². The number of carbonyl (C=O) groups excluding carboxylic acids is 1. The van der Waals surface area contributed by atoms with E-state index < -0.39 is 0 Å². The van der Waals surface area contributed by atoms with E-state index in [9.17, 15) is 4.79 Å². The summed E-state index contributed by atoms with van der Waals surface area (Å²) in [5, 5.41) is 3.58. The first-order valence-corrected chi connectivity index (χ1v) is 8.06. The van der Waals surface area contributed by atoms with Crippen LogP contribution in [0.5, 0.6) is 0 Å². The van der Waals surface area contributed by atoms with Crippen LogP contribution in [0, 0.1) is 0 Å². The zero-order valence-electron chi connectivity index (χ0n) is 11.5. The van der Waals surface area contributed by atoms with Crippen molar-refractivity contribution in [3.8, 4) is 0 Å². The third kappa shape index (κ3) is 3.52. The van der Waals surface area contributed by atoms with Crippen molar-refractivity contribution in [2.75, 3.05) is 39.4 Å². The number of morpholine rings is 1. The van der Waals surface area contributed by atoms with Crippen LogP contribution in [0.3, 0.4) is 0 Å². The summed E-state index contributed by atoms with van der Waals surface area (Å²) < 4.78 is 6.15. The highest BCUT2D eigenvalue weighted by atomic mass is 35.5. The summed E-state index contributed by atoms with van der Waals surface area (Å²) in [5.41, 5.74) is 0.769. The second kappa shape index (κ2) is 6.70. The van der Waals surface area contributed by atoms with E-state index in [1.54, 1.807) is 18.3 Å². The SMILES string of the molecule is O=C(NCCN1CCOCC1)c1cc2nccc(Cl)c2s1. The van der Waals surface area contributed by atoms with Gasteiger partial charge >= 0.3 is 0 Å². The first kappa shape index (κ1) is 14.7. The maximum atomic E-state index is 12.2. The molecule has 0 aliphatic carbocycles. The number of hydrogen-bond acceptors (Lipinski definition) is 5. The average molecular weight is 326 g/mol. The number of fused-ring (bicyclic) bond motifs is 1. The minimum absolute atomic E-state index is 0.0673. The highest BCUT2D eigenvalue weighted by Gasteiger charge is 2.14. The molecule has 0 spiro atoms. The summed E-state index contributed by atoms with van der Waals surface area (Å²) in [6.45, 7) is 4.88. The van der Waals surface area contributed by atoms with Crippen LogP contribution < -0.4 is 5.32 Å². The average Bonchev–Trinajstić information content (AvgIpc) is 2.94. The molecule has 1 fully saturated rings. The molecule has 0 radical (unpaired) electrons. The van der Waals surface area contributed by atoms with Gasteiger partial charge in [0.1, 0.15) is 0 Å². The lowest BCUT2D eigenvalue weighted by atomic mass is 10.3. The maximum absolute atomic E-state index is 12.2. The minimum atomic E-state index is -0.0673. The van der Waals surface area contributed by atoms with Gasteiger partial charge in [-0.1, -0.05) is 11.6 Å². The number of thiophene rings is 1. The molecular formula is C14H16ClN3O2S. The van der Waals surface area contributed by atoms with Crippen LogP contribution in [0.15, 0.2) is 18.3 Å². The van der Waals surface area contributed by atoms with Gasteiger partial charge in [0.25, 0.3) is 5.91 Å². The molecule has 2 aromatic heterocycles. The van der Waals surface area contributed by atoms with E-state index in [0.29, 0.717) is 16.4 Å². The molecule has 2 aromatic rings. The van der Waals surface area contributed by atoms with Crippen molar-refractivity contribution in [3.63, 3.8) is 0 Å². The molecule has 1 amide bonds. The third-order valence-corrected chi connectivity index (χ3v) is 4.99. The number of nitrogens with one attached hydrogen (secondary N) is 1. The van der Waals surface area contributed by atoms with Crippen LogP contribution in [0.1, 0.15) is 9.67 Å². The number of ether oxygens (including phenoxy) is 1. The molecule has 1 N–H and O–H groups in total. The molecule has 0 atom stereocenters. The predicted octanol–water partition coefficient (Wildman–Crippen LogP) is 2.01. The lowest BCUT2D eigenvalue weighted by molar-refractivity contribution is 0.0383. The van der Waals surface area contributed by atoms with Gasteiger partial charge in [-0.2, -0.15) is 0 Å². The quantitative estimate of drug-likeness (QED) is 0.934. The van der Waals surface area contributed by atoms with E-state index in [1.807, 2.05) is 0 Å². The van der Waals surface area contributed by atoms with Gasteiger partial charge in [-0.25, -0.2) is 0 Å². The molecule has 0 aromatic carbocycles. The number of halogens is 1. The van der Waals surface area contributed by atoms with Crippen molar-refractivity contribution in [1.82, 2.24) is 15.2 Å². The largest absolute Gasteiger partial charge is 0.379 e. The monoisotopic (exact) mass is 325 g/mol. The molecule has 0 unspecified atom stereocenters. The van der Waals surface area contributed by atoms with Gasteiger partial charge in [0.2, 0.25) is 0 Å². The van der Waals surface area contributed by atoms with E-state index in [-0.39, 0.29) is 5.91 Å². The number of pyridine rings is 1. The van der Waals surface area contributed by atoms with E-state index in [4.69, 9.17) is 16.3 Å². The van der Waals surface area contributed by atoms with Gasteiger partial charge in [-0.15, -0.1) is 11.3 Å². The van der Waals surface area contributed by atoms with Crippen LogP contribution in [-0.2, 0) is 4.74 Å². The van der Waals surface area contributed by atoms with Gasteiger partial charge in [0, 0.05) is 32.4 Å². The molecule has 21 heavy (non-hydrogen) atoms. The summed E-state index contributed by atoms with van der Waals surface area (Å²) in [6.07, 6.45) is 1.65. The molecule has 0 bridgehead atoms. The number of hydrogen-bond donors (Lipinski definition) is 1. The lowest BCUT2D eigenvalue weighted by Crippen LogP contribution is -2.41. The fraction of sp³-hybridized carbons (Fsp3) is 0.429. The Bertz CT molecular complexity index is 640. The van der Waals surface area contributed by atoms with Crippen molar-refractivity contribution in [2.45, 2.75) is 0 Å². The van der Waals surface area contributed by atoms with E-state index >= 15 is 0 Å².